The first-order chi connectivity index (χ1) is 18.4. The Bertz CT molecular complexity index is 684. The van der Waals surface area contributed by atoms with Gasteiger partial charge in [-0.05, 0) is 17.8 Å². The highest BCUT2D eigenvalue weighted by Gasteiger charge is 2.14. The van der Waals surface area contributed by atoms with Crippen molar-refractivity contribution in [2.75, 3.05) is 33.7 Å². The number of carboxylic acids is 1. The van der Waals surface area contributed by atoms with Crippen LogP contribution >= 0.6 is 0 Å². The Morgan fingerprint density at radius 2 is 1.00 bits per heavy atom. The SMILES string of the molecule is C[N+](C)(CCCNC(=O)C#CC#CC#CC#CF)CC(=O)[O-].FF.FF.FF.FF.FF.FF.FF.FF. The van der Waals surface area contributed by atoms with Gasteiger partial charge in [-0.1, -0.05) is 0 Å². The Kier molecular flexibility index (Phi) is 119. The minimum absolute atomic E-state index is 0.0862. The summed E-state index contributed by atoms with van der Waals surface area (Å²) in [6, 6.07) is 0. The highest BCUT2D eigenvalue weighted by atomic mass is 20.0. The molecule has 0 saturated heterocycles. The van der Waals surface area contributed by atoms with Gasteiger partial charge in [0.25, 0.3) is 5.91 Å². The number of carbonyl (C=O) groups is 2. The van der Waals surface area contributed by atoms with Crippen LogP contribution in [0, 0.1) is 47.6 Å². The lowest BCUT2D eigenvalue weighted by Crippen LogP contribution is -2.49. The zero-order valence-electron chi connectivity index (χ0n) is 18.4. The topological polar surface area (TPSA) is 69.2 Å². The van der Waals surface area contributed by atoms with E-state index in [-0.39, 0.29) is 11.0 Å². The van der Waals surface area contributed by atoms with Gasteiger partial charge in [-0.15, -0.1) is 4.39 Å². The summed E-state index contributed by atoms with van der Waals surface area (Å²) >= 11 is 0. The molecule has 0 unspecified atom stereocenters. The van der Waals surface area contributed by atoms with Crippen LogP contribution in [0.2, 0.25) is 0 Å². The molecule has 0 aliphatic rings. The van der Waals surface area contributed by atoms with Gasteiger partial charge in [-0.25, -0.2) is 0 Å². The van der Waals surface area contributed by atoms with Crippen molar-refractivity contribution in [3.63, 3.8) is 0 Å². The number of hydrogen-bond donors (Lipinski definition) is 1. The maximum absolute atomic E-state index is 11.3. The van der Waals surface area contributed by atoms with Gasteiger partial charge in [0.05, 0.1) is 26.6 Å². The average Bonchev–Trinajstić information content (AvgIpc) is 2.98. The Morgan fingerprint density at radius 3 is 1.34 bits per heavy atom. The third-order valence-corrected chi connectivity index (χ3v) is 2.32. The number of aliphatic carboxylic acids is 1. The fourth-order valence-electron chi connectivity index (χ4n) is 1.42. The highest BCUT2D eigenvalue weighted by molar-refractivity contribution is 5.94. The quantitative estimate of drug-likeness (QED) is 0.201. The number of likely N-dealkylation sites (N-methyl/N-ethyl adjacent to an activating group) is 1. The summed E-state index contributed by atoms with van der Waals surface area (Å²) in [6.45, 7) is 0.866. The smallest absolute Gasteiger partial charge is 0.296 e. The molecular formula is C16H15F17N2O3. The van der Waals surface area contributed by atoms with Crippen LogP contribution in [0.15, 0.2) is 0 Å². The van der Waals surface area contributed by atoms with Gasteiger partial charge in [0, 0.05) is 110 Å². The zero-order chi connectivity index (χ0) is 32.8. The van der Waals surface area contributed by atoms with E-state index in [0.717, 1.165) is 6.17 Å². The predicted octanol–water partition coefficient (Wildman–Crippen LogP) is 4.98. The summed E-state index contributed by atoms with van der Waals surface area (Å²) in [5.74, 6) is 13.7. The Balaban J connectivity index is -0.0000000636. The molecule has 1 amide bonds. The fourth-order valence-corrected chi connectivity index (χ4v) is 1.42. The second-order valence-electron chi connectivity index (χ2n) is 4.77. The van der Waals surface area contributed by atoms with E-state index < -0.39 is 11.9 Å². The zero-order valence-corrected chi connectivity index (χ0v) is 18.4. The highest BCUT2D eigenvalue weighted by Crippen LogP contribution is 1.97. The summed E-state index contributed by atoms with van der Waals surface area (Å²) in [4.78, 5) is 21.8. The first-order valence-electron chi connectivity index (χ1n) is 7.43. The Labute approximate surface area is 203 Å². The van der Waals surface area contributed by atoms with Crippen molar-refractivity contribution in [2.24, 2.45) is 0 Å². The lowest BCUT2D eigenvalue weighted by Gasteiger charge is -2.30. The molecule has 0 fully saturated rings. The van der Waals surface area contributed by atoms with Gasteiger partial charge >= 0.3 is 0 Å². The lowest BCUT2D eigenvalue weighted by molar-refractivity contribution is -0.884. The number of amides is 1. The normalized spacial score (nSPS) is 6.18. The van der Waals surface area contributed by atoms with Crippen molar-refractivity contribution in [3.05, 3.63) is 0 Å². The molecule has 0 atom stereocenters. The molecule has 0 radical (unpaired) electrons. The van der Waals surface area contributed by atoms with E-state index in [1.165, 1.54) is 0 Å². The van der Waals surface area contributed by atoms with Gasteiger partial charge in [0.1, 0.15) is 12.7 Å². The number of nitrogens with zero attached hydrogens (tertiary/aromatic N) is 1. The number of carbonyl (C=O) groups excluding carboxylic acids is 2. The van der Waals surface area contributed by atoms with Gasteiger partial charge in [0.15, 0.2) is 0 Å². The van der Waals surface area contributed by atoms with Crippen LogP contribution < -0.4 is 10.4 Å². The van der Waals surface area contributed by atoms with Crippen molar-refractivity contribution >= 4 is 11.9 Å². The van der Waals surface area contributed by atoms with E-state index in [1.54, 1.807) is 14.1 Å². The number of halogens is 17. The second kappa shape index (κ2) is 76.6. The third kappa shape index (κ3) is 95.0. The summed E-state index contributed by atoms with van der Waals surface area (Å²) in [5.41, 5.74) is 0. The monoisotopic (exact) mass is 606 g/mol. The number of quaternary nitrogens is 1. The lowest BCUT2D eigenvalue weighted by atomic mass is 10.3. The Hall–Kier alpha value is -4.05. The molecule has 5 nitrogen and oxygen atoms in total. The average molecular weight is 606 g/mol. The molecule has 0 aromatic heterocycles. The standard InChI is InChI=1S/C16H15FN2O3.8F2/c1-19(2,14-16(21)22)13-9-12-18-15(20)10-7-5-3-4-6-8-11-17;8*1-2/h9,12-14H2,1-2H3,(H-,18,20,21,22);;;;;;;;. The molecule has 22 heteroatoms. The fraction of sp³-hybridized carbons (Fsp3) is 0.375. The van der Waals surface area contributed by atoms with E-state index in [1.807, 2.05) is 5.92 Å². The minimum Gasteiger partial charge on any atom is -0.544 e. The Morgan fingerprint density at radius 1 is 0.658 bits per heavy atom. The molecule has 0 aliphatic heterocycles. The van der Waals surface area contributed by atoms with Gasteiger partial charge in [-0.3, -0.25) is 4.79 Å². The molecule has 0 rings (SSSR count). The van der Waals surface area contributed by atoms with Gasteiger partial charge in [-0.2, -0.15) is 0 Å². The number of nitrogens with one attached hydrogen (secondary N) is 1. The first-order valence-corrected chi connectivity index (χ1v) is 7.43. The summed E-state index contributed by atoms with van der Waals surface area (Å²) in [5, 5.41) is 13.1. The molecule has 0 aromatic rings. The predicted molar refractivity (Wildman–Crippen MR) is 94.4 cm³/mol. The van der Waals surface area contributed by atoms with Crippen molar-refractivity contribution in [2.45, 2.75) is 6.42 Å². The minimum atomic E-state index is -1.11. The molecule has 0 saturated carbocycles. The molecule has 0 aliphatic carbocycles. The number of rotatable bonds is 6. The van der Waals surface area contributed by atoms with Crippen molar-refractivity contribution in [1.82, 2.24) is 5.32 Å². The van der Waals surface area contributed by atoms with Gasteiger partial charge in [0.2, 0.25) is 0 Å². The van der Waals surface area contributed by atoms with Crippen LogP contribution in [-0.2, 0) is 9.59 Å². The van der Waals surface area contributed by atoms with Crippen LogP contribution in [0.25, 0.3) is 0 Å². The third-order valence-electron chi connectivity index (χ3n) is 2.32. The van der Waals surface area contributed by atoms with Crippen molar-refractivity contribution < 1.29 is 96.8 Å². The van der Waals surface area contributed by atoms with E-state index in [4.69, 9.17) is 73.2 Å². The molecule has 0 bridgehead atoms. The van der Waals surface area contributed by atoms with Crippen molar-refractivity contribution in [3.8, 4) is 47.6 Å². The first kappa shape index (κ1) is 59.2. The van der Waals surface area contributed by atoms with E-state index in [9.17, 15) is 19.1 Å². The van der Waals surface area contributed by atoms with Crippen LogP contribution in [0.1, 0.15) is 6.42 Å². The van der Waals surface area contributed by atoms with E-state index in [0.29, 0.717) is 19.5 Å². The number of carboxylic acid groups (broad SMARTS) is 1. The second-order valence-corrected chi connectivity index (χ2v) is 4.77. The summed E-state index contributed by atoms with van der Waals surface area (Å²) < 4.78 is 140. The van der Waals surface area contributed by atoms with Crippen molar-refractivity contribution in [1.29, 1.82) is 0 Å². The van der Waals surface area contributed by atoms with Gasteiger partial charge < -0.3 is 19.7 Å². The maximum Gasteiger partial charge on any atom is 0.296 e. The molecular weight excluding hydrogens is 591 g/mol. The number of hydrogen-bond acceptors (Lipinski definition) is 3. The van der Waals surface area contributed by atoms with E-state index >= 15 is 0 Å². The molecule has 0 spiro atoms. The molecule has 226 valence electrons. The summed E-state index contributed by atoms with van der Waals surface area (Å²) in [6.07, 6.45) is 1.70. The molecule has 38 heavy (non-hydrogen) atoms. The van der Waals surface area contributed by atoms with Crippen LogP contribution in [-0.4, -0.2) is 50.1 Å². The maximum atomic E-state index is 11.3. The van der Waals surface area contributed by atoms with E-state index in [2.05, 4.69) is 40.8 Å². The van der Waals surface area contributed by atoms with Crippen LogP contribution in [0.5, 0.6) is 0 Å². The molecule has 0 heterocycles. The van der Waals surface area contributed by atoms with Crippen LogP contribution in [0.3, 0.4) is 0 Å². The molecule has 0 aromatic carbocycles. The summed E-state index contributed by atoms with van der Waals surface area (Å²) in [7, 11) is 3.53. The largest absolute Gasteiger partial charge is 0.544 e. The van der Waals surface area contributed by atoms with Crippen LogP contribution in [0.4, 0.5) is 77.6 Å². The molecule has 1 N–H and O–H groups in total.